The first kappa shape index (κ1) is 21.1. The highest BCUT2D eigenvalue weighted by atomic mass is 32.2. The van der Waals surface area contributed by atoms with Crippen LogP contribution in [0.2, 0.25) is 0 Å². The molecule has 0 saturated heterocycles. The van der Waals surface area contributed by atoms with Gasteiger partial charge in [0.15, 0.2) is 0 Å². The van der Waals surface area contributed by atoms with Crippen molar-refractivity contribution < 1.29 is 14.3 Å². The molecule has 0 saturated carbocycles. The summed E-state index contributed by atoms with van der Waals surface area (Å²) in [6.07, 6.45) is 0. The van der Waals surface area contributed by atoms with Crippen molar-refractivity contribution in [3.63, 3.8) is 0 Å². The topological polar surface area (TPSA) is 79.5 Å². The first-order chi connectivity index (χ1) is 15.0. The fourth-order valence-corrected chi connectivity index (χ4v) is 5.41. The molecule has 2 aromatic rings. The summed E-state index contributed by atoms with van der Waals surface area (Å²) in [6, 6.07) is 15.5. The molecular weight excluding hydrogens is 410 g/mol. The second kappa shape index (κ2) is 8.51. The largest absolute Gasteiger partial charge is 0.497 e. The monoisotopic (exact) mass is 435 g/mol. The van der Waals surface area contributed by atoms with Crippen LogP contribution < -0.4 is 20.7 Å². The van der Waals surface area contributed by atoms with Gasteiger partial charge in [-0.3, -0.25) is 9.59 Å². The Bertz CT molecular complexity index is 1110. The molecule has 2 atom stereocenters. The summed E-state index contributed by atoms with van der Waals surface area (Å²) in [4.78, 5) is 28.3. The maximum atomic E-state index is 13.2. The van der Waals surface area contributed by atoms with E-state index in [4.69, 9.17) is 4.74 Å². The number of allylic oxidation sites excluding steroid dienone is 1. The SMILES string of the molecule is CNC(=O)C1=C(C)C2=C(Nc3ccccc3S2)C(C(=O)NC)C1c1ccc(OC)cc1. The smallest absolute Gasteiger partial charge is 0.247 e. The van der Waals surface area contributed by atoms with Crippen molar-refractivity contribution in [1.29, 1.82) is 0 Å². The standard InChI is InChI=1S/C24H25N3O3S/c1-13-18(23(28)25-2)19(14-9-11-15(30-4)12-10-14)20(24(29)26-3)21-22(13)31-17-8-6-5-7-16(17)27-21/h5-12,19-20,27H,1-4H3,(H,25,28)(H,26,29). The van der Waals surface area contributed by atoms with Crippen LogP contribution in [-0.4, -0.2) is 33.0 Å². The number of fused-ring (bicyclic) bond motifs is 1. The number of methoxy groups -OCH3 is 1. The minimum atomic E-state index is -0.578. The van der Waals surface area contributed by atoms with E-state index in [9.17, 15) is 9.59 Å². The molecule has 0 aromatic heterocycles. The van der Waals surface area contributed by atoms with Crippen LogP contribution in [0.5, 0.6) is 5.75 Å². The van der Waals surface area contributed by atoms with Crippen molar-refractivity contribution in [2.24, 2.45) is 5.92 Å². The number of para-hydroxylation sites is 1. The molecule has 160 valence electrons. The second-order valence-corrected chi connectivity index (χ2v) is 8.48. The lowest BCUT2D eigenvalue weighted by molar-refractivity contribution is -0.124. The van der Waals surface area contributed by atoms with Gasteiger partial charge in [-0.15, -0.1) is 0 Å². The molecule has 0 spiro atoms. The number of carbonyl (C=O) groups is 2. The van der Waals surface area contributed by atoms with Crippen molar-refractivity contribution in [3.05, 3.63) is 75.8 Å². The Balaban J connectivity index is 1.93. The summed E-state index contributed by atoms with van der Waals surface area (Å²) < 4.78 is 5.30. The Kier molecular flexibility index (Phi) is 5.78. The van der Waals surface area contributed by atoms with Crippen LogP contribution in [0.3, 0.4) is 0 Å². The number of benzene rings is 2. The van der Waals surface area contributed by atoms with E-state index in [-0.39, 0.29) is 11.8 Å². The van der Waals surface area contributed by atoms with Crippen LogP contribution in [0.1, 0.15) is 18.4 Å². The average Bonchev–Trinajstić information content (AvgIpc) is 2.82. The summed E-state index contributed by atoms with van der Waals surface area (Å²) in [5.41, 5.74) is 4.15. The van der Waals surface area contributed by atoms with Crippen molar-refractivity contribution in [2.75, 3.05) is 26.5 Å². The van der Waals surface area contributed by atoms with Gasteiger partial charge in [0.2, 0.25) is 11.8 Å². The van der Waals surface area contributed by atoms with E-state index in [1.54, 1.807) is 33.0 Å². The van der Waals surface area contributed by atoms with E-state index in [1.807, 2.05) is 55.5 Å². The molecule has 31 heavy (non-hydrogen) atoms. The Morgan fingerprint density at radius 1 is 1.03 bits per heavy atom. The zero-order chi connectivity index (χ0) is 22.1. The number of amides is 2. The second-order valence-electron chi connectivity index (χ2n) is 7.43. The Morgan fingerprint density at radius 3 is 2.39 bits per heavy atom. The molecule has 0 radical (unpaired) electrons. The van der Waals surface area contributed by atoms with Crippen molar-refractivity contribution in [2.45, 2.75) is 17.7 Å². The molecule has 2 aliphatic rings. The highest BCUT2D eigenvalue weighted by molar-refractivity contribution is 8.03. The molecule has 2 amide bonds. The first-order valence-electron chi connectivity index (χ1n) is 10.1. The maximum Gasteiger partial charge on any atom is 0.247 e. The molecule has 2 aromatic carbocycles. The maximum absolute atomic E-state index is 13.2. The van der Waals surface area contributed by atoms with Gasteiger partial charge in [0, 0.05) is 41.1 Å². The van der Waals surface area contributed by atoms with Crippen molar-refractivity contribution in [1.82, 2.24) is 10.6 Å². The number of ether oxygens (including phenoxy) is 1. The molecule has 3 N–H and O–H groups in total. The molecule has 7 heteroatoms. The van der Waals surface area contributed by atoms with Gasteiger partial charge in [0.25, 0.3) is 0 Å². The highest BCUT2D eigenvalue weighted by Crippen LogP contribution is 2.53. The van der Waals surface area contributed by atoms with Crippen LogP contribution in [-0.2, 0) is 9.59 Å². The predicted octanol–water partition coefficient (Wildman–Crippen LogP) is 3.65. The van der Waals surface area contributed by atoms with Crippen molar-refractivity contribution >= 4 is 29.3 Å². The number of carbonyl (C=O) groups excluding carboxylic acids is 2. The Morgan fingerprint density at radius 2 is 1.74 bits per heavy atom. The van der Waals surface area contributed by atoms with Gasteiger partial charge in [-0.2, -0.15) is 0 Å². The quantitative estimate of drug-likeness (QED) is 0.683. The van der Waals surface area contributed by atoms with Gasteiger partial charge < -0.3 is 20.7 Å². The Labute approximate surface area is 186 Å². The normalized spacial score (nSPS) is 19.7. The number of hydrogen-bond acceptors (Lipinski definition) is 5. The van der Waals surface area contributed by atoms with Crippen molar-refractivity contribution in [3.8, 4) is 5.75 Å². The van der Waals surface area contributed by atoms with E-state index < -0.39 is 11.8 Å². The molecule has 1 aliphatic carbocycles. The first-order valence-corrected chi connectivity index (χ1v) is 10.9. The number of rotatable bonds is 4. The zero-order valence-corrected chi connectivity index (χ0v) is 18.7. The van der Waals surface area contributed by atoms with Crippen LogP contribution in [0.25, 0.3) is 0 Å². The lowest BCUT2D eigenvalue weighted by Gasteiger charge is -2.39. The number of thioether (sulfide) groups is 1. The van der Waals surface area contributed by atoms with E-state index in [0.717, 1.165) is 38.1 Å². The molecule has 0 bridgehead atoms. The fourth-order valence-electron chi connectivity index (χ4n) is 4.27. The lowest BCUT2D eigenvalue weighted by Crippen LogP contribution is -2.41. The summed E-state index contributed by atoms with van der Waals surface area (Å²) in [7, 11) is 4.86. The summed E-state index contributed by atoms with van der Waals surface area (Å²) in [6.45, 7) is 1.96. The third kappa shape index (κ3) is 3.59. The van der Waals surface area contributed by atoms with E-state index in [1.165, 1.54) is 0 Å². The molecule has 2 unspecified atom stereocenters. The summed E-state index contributed by atoms with van der Waals surface area (Å²) in [5, 5.41) is 9.08. The highest BCUT2D eigenvalue weighted by Gasteiger charge is 2.44. The van der Waals surface area contributed by atoms with Gasteiger partial charge in [0.05, 0.1) is 18.7 Å². The van der Waals surface area contributed by atoms with Crippen LogP contribution in [0, 0.1) is 5.92 Å². The van der Waals surface area contributed by atoms with Gasteiger partial charge in [-0.1, -0.05) is 36.0 Å². The molecule has 0 fully saturated rings. The van der Waals surface area contributed by atoms with E-state index in [2.05, 4.69) is 16.0 Å². The van der Waals surface area contributed by atoms with E-state index in [0.29, 0.717) is 5.57 Å². The van der Waals surface area contributed by atoms with E-state index >= 15 is 0 Å². The predicted molar refractivity (Wildman–Crippen MR) is 123 cm³/mol. The molecule has 4 rings (SSSR count). The number of anilines is 1. The third-order valence-electron chi connectivity index (χ3n) is 5.79. The molecule has 6 nitrogen and oxygen atoms in total. The third-order valence-corrected chi connectivity index (χ3v) is 7.09. The minimum Gasteiger partial charge on any atom is -0.497 e. The van der Waals surface area contributed by atoms with Gasteiger partial charge in [-0.25, -0.2) is 0 Å². The molecular formula is C24H25N3O3S. The number of likely N-dealkylation sites (N-methyl/N-ethyl adjacent to an activating group) is 1. The Hall–Kier alpha value is -3.19. The number of nitrogens with one attached hydrogen (secondary N) is 3. The lowest BCUT2D eigenvalue weighted by atomic mass is 9.72. The summed E-state index contributed by atoms with van der Waals surface area (Å²) in [5.74, 6) is -0.625. The van der Waals surface area contributed by atoms with Gasteiger partial charge in [0.1, 0.15) is 5.75 Å². The van der Waals surface area contributed by atoms with Gasteiger partial charge in [-0.05, 0) is 42.3 Å². The number of hydrogen-bond donors (Lipinski definition) is 3. The fraction of sp³-hybridized carbons (Fsp3) is 0.250. The zero-order valence-electron chi connectivity index (χ0n) is 17.9. The molecule has 1 heterocycles. The van der Waals surface area contributed by atoms with Gasteiger partial charge >= 0.3 is 0 Å². The van der Waals surface area contributed by atoms with Crippen LogP contribution >= 0.6 is 11.8 Å². The minimum absolute atomic E-state index is 0.144. The average molecular weight is 436 g/mol. The molecule has 1 aliphatic heterocycles. The van der Waals surface area contributed by atoms with Crippen LogP contribution in [0.15, 0.2) is 75.2 Å². The summed E-state index contributed by atoms with van der Waals surface area (Å²) >= 11 is 1.59. The van der Waals surface area contributed by atoms with Crippen LogP contribution in [0.4, 0.5) is 5.69 Å².